The number of allylic oxidation sites excluding steroid dienone is 7. The fourth-order valence-corrected chi connectivity index (χ4v) is 4.06. The molecule has 0 saturated carbocycles. The standard InChI is InChI=1S/C18H21NO4.2Pb/c1-14(20)19-13-16(12-17(19)18(21)22-2)23-11-7-10-15-8-5-3-4-6-9-15;;/h1,3,5-10,16-17H,4,11-13H2,2H3;;/b10-7+;;. The number of amides is 1. The van der Waals surface area contributed by atoms with Crippen LogP contribution < -0.4 is 0 Å². The Hall–Kier alpha value is -0.296. The van der Waals surface area contributed by atoms with Crippen molar-refractivity contribution in [1.82, 2.24) is 4.90 Å². The Morgan fingerprint density at radius 3 is 2.92 bits per heavy atom. The molecule has 0 aromatic carbocycles. The fourth-order valence-electron chi connectivity index (χ4n) is 2.77. The van der Waals surface area contributed by atoms with Gasteiger partial charge in [0.1, 0.15) is 0 Å². The molecule has 2 rings (SSSR count). The Morgan fingerprint density at radius 1 is 1.40 bits per heavy atom. The molecular weight excluding hydrogens is 709 g/mol. The molecule has 2 aliphatic rings. The van der Waals surface area contributed by atoms with Gasteiger partial charge < -0.3 is 0 Å². The molecule has 6 radical (unpaired) electrons. The van der Waals surface area contributed by atoms with Crippen molar-refractivity contribution in [3.8, 4) is 0 Å². The molecule has 7 heteroatoms. The molecule has 0 aromatic heterocycles. The van der Waals surface area contributed by atoms with E-state index >= 15 is 0 Å². The van der Waals surface area contributed by atoms with Gasteiger partial charge in [0.05, 0.1) is 0 Å². The first-order chi connectivity index (χ1) is 12.0. The Morgan fingerprint density at radius 2 is 2.20 bits per heavy atom. The SMILES string of the molecule is COC(=O)C1CC(OC/C=C/C2=CC=CCC=C2)CN1C(=O)[CH]([Pb])[Pb]. The van der Waals surface area contributed by atoms with E-state index in [4.69, 9.17) is 9.47 Å². The minimum absolute atomic E-state index is 0.0795. The summed E-state index contributed by atoms with van der Waals surface area (Å²) in [4.78, 5) is 26.0. The first-order valence-corrected chi connectivity index (χ1v) is 12.6. The van der Waals surface area contributed by atoms with Crippen molar-refractivity contribution in [2.45, 2.75) is 26.0 Å². The Labute approximate surface area is 180 Å². The van der Waals surface area contributed by atoms with E-state index in [-0.39, 0.29) is 19.0 Å². The molecule has 2 atom stereocenters. The number of hydrogen-bond acceptors (Lipinski definition) is 4. The van der Waals surface area contributed by atoms with Gasteiger partial charge in [-0.3, -0.25) is 0 Å². The van der Waals surface area contributed by atoms with E-state index in [1.807, 2.05) is 18.2 Å². The quantitative estimate of drug-likeness (QED) is 0.305. The molecule has 0 aromatic rings. The molecule has 1 fully saturated rings. The molecule has 130 valence electrons. The summed E-state index contributed by atoms with van der Waals surface area (Å²) in [7, 11) is 1.36. The van der Waals surface area contributed by atoms with Crippen molar-refractivity contribution in [2.75, 3.05) is 20.3 Å². The molecule has 1 amide bonds. The third-order valence-corrected chi connectivity index (χ3v) is 5.93. The van der Waals surface area contributed by atoms with Crippen LogP contribution in [0.15, 0.2) is 48.1 Å². The number of rotatable bonds is 6. The molecule has 1 heterocycles. The van der Waals surface area contributed by atoms with Crippen LogP contribution in [0.25, 0.3) is 0 Å². The zero-order valence-electron chi connectivity index (χ0n) is 14.2. The summed E-state index contributed by atoms with van der Waals surface area (Å²) < 4.78 is 10.9. The predicted octanol–water partition coefficient (Wildman–Crippen LogP) is 1.23. The third kappa shape index (κ3) is 6.42. The fraction of sp³-hybridized carbons (Fsp3) is 0.444. The van der Waals surface area contributed by atoms with Gasteiger partial charge in [0.2, 0.25) is 0 Å². The minimum atomic E-state index is -0.505. The van der Waals surface area contributed by atoms with Crippen molar-refractivity contribution < 1.29 is 19.1 Å². The van der Waals surface area contributed by atoms with Gasteiger partial charge in [-0.2, -0.15) is 0 Å². The van der Waals surface area contributed by atoms with Gasteiger partial charge in [0, 0.05) is 0 Å². The van der Waals surface area contributed by atoms with Gasteiger partial charge in [0.25, 0.3) is 0 Å². The summed E-state index contributed by atoms with van der Waals surface area (Å²) in [6.45, 7) is 0.930. The van der Waals surface area contributed by atoms with E-state index in [0.29, 0.717) is 19.6 Å². The zero-order chi connectivity index (χ0) is 18.2. The van der Waals surface area contributed by atoms with Crippen molar-refractivity contribution in [3.05, 3.63) is 48.1 Å². The van der Waals surface area contributed by atoms with Crippen LogP contribution >= 0.6 is 0 Å². The normalized spacial score (nSPS) is 23.2. The van der Waals surface area contributed by atoms with Crippen LogP contribution in [0.2, 0.25) is 1.04 Å². The van der Waals surface area contributed by atoms with Gasteiger partial charge in [0.15, 0.2) is 0 Å². The number of methoxy groups -OCH3 is 1. The third-order valence-electron chi connectivity index (χ3n) is 4.01. The van der Waals surface area contributed by atoms with Crippen molar-refractivity contribution in [3.63, 3.8) is 0 Å². The zero-order valence-corrected chi connectivity index (χ0v) is 22.0. The number of hydrogen-bond donors (Lipinski definition) is 0. The first kappa shape index (κ1) is 21.0. The second-order valence-electron chi connectivity index (χ2n) is 5.79. The van der Waals surface area contributed by atoms with Crippen molar-refractivity contribution >= 4 is 63.4 Å². The van der Waals surface area contributed by atoms with Crippen molar-refractivity contribution in [2.24, 2.45) is 0 Å². The van der Waals surface area contributed by atoms with Crippen LogP contribution in [-0.2, 0) is 19.1 Å². The van der Waals surface area contributed by atoms with Gasteiger partial charge in [-0.15, -0.1) is 0 Å². The summed E-state index contributed by atoms with van der Waals surface area (Å²) in [6.07, 6.45) is 15.7. The number of ether oxygens (including phenoxy) is 2. The summed E-state index contributed by atoms with van der Waals surface area (Å²) in [5.41, 5.74) is 1.13. The van der Waals surface area contributed by atoms with Crippen molar-refractivity contribution in [1.29, 1.82) is 0 Å². The van der Waals surface area contributed by atoms with Crippen LogP contribution in [0.1, 0.15) is 12.8 Å². The van der Waals surface area contributed by atoms with E-state index in [1.54, 1.807) is 4.90 Å². The summed E-state index contributed by atoms with van der Waals surface area (Å²) in [6, 6.07) is -0.505. The summed E-state index contributed by atoms with van der Waals surface area (Å²) in [5, 5.41) is 0. The molecule has 2 unspecified atom stereocenters. The second kappa shape index (κ2) is 10.8. The molecule has 0 N–H and O–H groups in total. The van der Waals surface area contributed by atoms with Crippen LogP contribution in [0.4, 0.5) is 0 Å². The molecule has 25 heavy (non-hydrogen) atoms. The van der Waals surface area contributed by atoms with Crippen LogP contribution in [0.5, 0.6) is 0 Å². The van der Waals surface area contributed by atoms with E-state index in [1.165, 1.54) is 7.11 Å². The number of likely N-dealkylation sites (tertiary alicyclic amines) is 1. The van der Waals surface area contributed by atoms with Crippen LogP contribution in [-0.4, -0.2) is 101 Å². The van der Waals surface area contributed by atoms with E-state index < -0.39 is 6.04 Å². The molecule has 0 spiro atoms. The summed E-state index contributed by atoms with van der Waals surface area (Å²) in [5.74, 6) is -0.268. The Bertz CT molecular complexity index is 610. The maximum atomic E-state index is 12.4. The molecule has 1 saturated heterocycles. The van der Waals surface area contributed by atoms with Crippen LogP contribution in [0.3, 0.4) is 0 Å². The average Bonchev–Trinajstić information content (AvgIpc) is 2.85. The topological polar surface area (TPSA) is 55.8 Å². The predicted molar refractivity (Wildman–Crippen MR) is 97.3 cm³/mol. The van der Waals surface area contributed by atoms with E-state index in [2.05, 4.69) is 24.3 Å². The Kier molecular flexibility index (Phi) is 9.04. The molecule has 1 aliphatic carbocycles. The van der Waals surface area contributed by atoms with E-state index in [0.717, 1.165) is 63.5 Å². The number of carbonyl (C=O) groups excluding carboxylic acids is 2. The van der Waals surface area contributed by atoms with Gasteiger partial charge in [-0.1, -0.05) is 6.08 Å². The maximum absolute atomic E-state index is 12.4. The monoisotopic (exact) mass is 731 g/mol. The number of esters is 1. The number of nitrogens with zero attached hydrogens (tertiary/aromatic N) is 1. The molecule has 1 aliphatic heterocycles. The van der Waals surface area contributed by atoms with Crippen LogP contribution in [0, 0.1) is 0 Å². The van der Waals surface area contributed by atoms with Gasteiger partial charge in [-0.05, 0) is 6.42 Å². The average molecular weight is 730 g/mol. The van der Waals surface area contributed by atoms with Gasteiger partial charge >= 0.3 is 169 Å². The molecule has 5 nitrogen and oxygen atoms in total. The summed E-state index contributed by atoms with van der Waals surface area (Å²) >= 11 is 1.65. The number of carbonyl (C=O) groups is 2. The molecule has 0 bridgehead atoms. The Balaban J connectivity index is 1.90. The van der Waals surface area contributed by atoms with E-state index in [9.17, 15) is 9.59 Å². The second-order valence-corrected chi connectivity index (χ2v) is 19.0. The first-order valence-electron chi connectivity index (χ1n) is 8.15. The molecular formula is C18H21NO4Pb2. The van der Waals surface area contributed by atoms with Gasteiger partial charge in [-0.25, -0.2) is 0 Å².